The summed E-state index contributed by atoms with van der Waals surface area (Å²) in [7, 11) is 0. The van der Waals surface area contributed by atoms with Gasteiger partial charge in [-0.2, -0.15) is 0 Å². The van der Waals surface area contributed by atoms with Crippen LogP contribution in [-0.4, -0.2) is 37.2 Å². The van der Waals surface area contributed by atoms with Crippen LogP contribution in [-0.2, 0) is 28.6 Å². The Balaban J connectivity index is 4.48. The van der Waals surface area contributed by atoms with Gasteiger partial charge in [-0.25, -0.2) is 0 Å². The number of esters is 3. The first kappa shape index (κ1) is 64.8. The highest BCUT2D eigenvalue weighted by atomic mass is 16.6. The fourth-order valence-corrected chi connectivity index (χ4v) is 7.28. The van der Waals surface area contributed by atoms with Crippen LogP contribution in [0.5, 0.6) is 0 Å². The van der Waals surface area contributed by atoms with Gasteiger partial charge in [0, 0.05) is 19.3 Å². The predicted octanol–water partition coefficient (Wildman–Crippen LogP) is 18.9. The molecule has 0 amide bonds. The lowest BCUT2D eigenvalue weighted by molar-refractivity contribution is -0.167. The molecule has 0 rings (SSSR count). The van der Waals surface area contributed by atoms with E-state index in [0.29, 0.717) is 19.3 Å². The maximum Gasteiger partial charge on any atom is 0.306 e. The van der Waals surface area contributed by atoms with Crippen molar-refractivity contribution in [3.8, 4) is 0 Å². The van der Waals surface area contributed by atoms with Crippen LogP contribution in [0.15, 0.2) is 122 Å². The number of carbonyl (C=O) groups excluding carboxylic acids is 3. The third-order valence-corrected chi connectivity index (χ3v) is 11.4. The number of unbranched alkanes of at least 4 members (excludes halogenated alkanes) is 18. The van der Waals surface area contributed by atoms with Gasteiger partial charge in [0.1, 0.15) is 13.2 Å². The van der Waals surface area contributed by atoms with E-state index in [1.807, 2.05) is 0 Å². The third-order valence-electron chi connectivity index (χ3n) is 11.4. The molecule has 0 N–H and O–H groups in total. The molecular weight excluding hydrogens is 853 g/mol. The minimum Gasteiger partial charge on any atom is -0.462 e. The Morgan fingerprint density at radius 1 is 0.304 bits per heavy atom. The molecule has 0 aliphatic carbocycles. The topological polar surface area (TPSA) is 78.9 Å². The van der Waals surface area contributed by atoms with E-state index in [0.717, 1.165) is 148 Å². The predicted molar refractivity (Wildman–Crippen MR) is 297 cm³/mol. The number of ether oxygens (including phenoxy) is 3. The van der Waals surface area contributed by atoms with Crippen LogP contribution in [0.3, 0.4) is 0 Å². The molecule has 0 bridgehead atoms. The fraction of sp³-hybridized carbons (Fsp3) is 0.635. The lowest BCUT2D eigenvalue weighted by Crippen LogP contribution is -2.30. The van der Waals surface area contributed by atoms with Gasteiger partial charge < -0.3 is 14.2 Å². The SMILES string of the molecule is CC/C=C\C/C=C\C/C=C\C/C=C\CCCCCCCCC(=O)OCC(COC(=O)CCCCC/C=C\C/C=C\C/C=C\CC)OC(=O)CCCCCCCC/C=C\C/C=C\C/C=C\CCCCC. The summed E-state index contributed by atoms with van der Waals surface area (Å²) in [5.74, 6) is -0.963. The van der Waals surface area contributed by atoms with Crippen LogP contribution in [0.1, 0.15) is 239 Å². The van der Waals surface area contributed by atoms with Crippen LogP contribution in [0.4, 0.5) is 0 Å². The van der Waals surface area contributed by atoms with Gasteiger partial charge in [-0.05, 0) is 128 Å². The largest absolute Gasteiger partial charge is 0.462 e. The Morgan fingerprint density at radius 3 is 0.899 bits per heavy atom. The van der Waals surface area contributed by atoms with Gasteiger partial charge in [0.2, 0.25) is 0 Å². The number of rotatable bonds is 49. The smallest absolute Gasteiger partial charge is 0.306 e. The molecule has 69 heavy (non-hydrogen) atoms. The van der Waals surface area contributed by atoms with E-state index in [4.69, 9.17) is 14.2 Å². The first-order valence-corrected chi connectivity index (χ1v) is 28.0. The van der Waals surface area contributed by atoms with Crippen molar-refractivity contribution in [2.45, 2.75) is 245 Å². The lowest BCUT2D eigenvalue weighted by atomic mass is 10.1. The molecule has 1 atom stereocenters. The summed E-state index contributed by atoms with van der Waals surface area (Å²) in [6.07, 6.45) is 77.5. The average Bonchev–Trinajstić information content (AvgIpc) is 3.35. The van der Waals surface area contributed by atoms with E-state index < -0.39 is 6.10 Å². The van der Waals surface area contributed by atoms with Crippen LogP contribution in [0, 0.1) is 0 Å². The van der Waals surface area contributed by atoms with Gasteiger partial charge in [0.15, 0.2) is 6.10 Å². The standard InChI is InChI=1S/C63H102O6/c1-4-7-10-13-16-19-22-25-27-29-31-33-35-38-41-44-47-50-53-56-62(65)68-59-60(58-67-61(64)55-52-49-46-43-40-37-24-21-18-15-12-9-6-3)69-63(66)57-54-51-48-45-42-39-36-34-32-30-28-26-23-20-17-14-11-8-5-2/h7,9-10,12,16-21,25-28,31-34,37,40,60H,4-6,8,11,13-15,22-24,29-30,35-36,38-39,41-59H2,1-3H3/b10-7-,12-9-,19-16-,20-17-,21-18-,27-25-,28-26-,33-31-,34-32-,40-37-. The molecular formula is C63H102O6. The van der Waals surface area contributed by atoms with Crippen LogP contribution in [0.2, 0.25) is 0 Å². The molecule has 0 aromatic rings. The minimum absolute atomic E-state index is 0.104. The Hall–Kier alpha value is -4.19. The minimum atomic E-state index is -0.807. The van der Waals surface area contributed by atoms with E-state index in [2.05, 4.69) is 142 Å². The summed E-state index contributed by atoms with van der Waals surface area (Å²) in [6, 6.07) is 0. The molecule has 0 heterocycles. The van der Waals surface area contributed by atoms with Crippen molar-refractivity contribution in [1.82, 2.24) is 0 Å². The molecule has 0 radical (unpaired) electrons. The van der Waals surface area contributed by atoms with Gasteiger partial charge >= 0.3 is 17.9 Å². The summed E-state index contributed by atoms with van der Waals surface area (Å²) < 4.78 is 16.8. The zero-order chi connectivity index (χ0) is 50.0. The van der Waals surface area contributed by atoms with Crippen molar-refractivity contribution in [3.05, 3.63) is 122 Å². The number of hydrogen-bond acceptors (Lipinski definition) is 6. The quantitative estimate of drug-likeness (QED) is 0.0262. The van der Waals surface area contributed by atoms with Gasteiger partial charge in [0.25, 0.3) is 0 Å². The number of carbonyl (C=O) groups is 3. The van der Waals surface area contributed by atoms with E-state index in [9.17, 15) is 14.4 Å². The summed E-state index contributed by atoms with van der Waals surface area (Å²) in [5, 5.41) is 0. The van der Waals surface area contributed by atoms with Crippen LogP contribution >= 0.6 is 0 Å². The molecule has 0 aliphatic heterocycles. The van der Waals surface area contributed by atoms with E-state index in [1.165, 1.54) is 51.4 Å². The number of allylic oxidation sites excluding steroid dienone is 20. The Kier molecular flexibility index (Phi) is 53.0. The maximum atomic E-state index is 12.9. The second-order valence-electron chi connectivity index (χ2n) is 18.1. The Morgan fingerprint density at radius 2 is 0.565 bits per heavy atom. The molecule has 0 saturated heterocycles. The van der Waals surface area contributed by atoms with Crippen molar-refractivity contribution in [2.24, 2.45) is 0 Å². The van der Waals surface area contributed by atoms with E-state index in [-0.39, 0.29) is 31.1 Å². The molecule has 0 aromatic heterocycles. The van der Waals surface area contributed by atoms with Crippen LogP contribution < -0.4 is 0 Å². The summed E-state index contributed by atoms with van der Waals surface area (Å²) in [6.45, 7) is 6.33. The molecule has 0 aromatic carbocycles. The summed E-state index contributed by atoms with van der Waals surface area (Å²) in [4.78, 5) is 38.1. The zero-order valence-corrected chi connectivity index (χ0v) is 44.5. The lowest BCUT2D eigenvalue weighted by Gasteiger charge is -2.18. The van der Waals surface area contributed by atoms with Crippen molar-refractivity contribution in [1.29, 1.82) is 0 Å². The van der Waals surface area contributed by atoms with Crippen molar-refractivity contribution in [2.75, 3.05) is 13.2 Å². The summed E-state index contributed by atoms with van der Waals surface area (Å²) in [5.41, 5.74) is 0. The second kappa shape index (κ2) is 56.4. The molecule has 6 heteroatoms. The monoisotopic (exact) mass is 955 g/mol. The fourth-order valence-electron chi connectivity index (χ4n) is 7.28. The van der Waals surface area contributed by atoms with Gasteiger partial charge in [-0.1, -0.05) is 213 Å². The van der Waals surface area contributed by atoms with Crippen molar-refractivity contribution < 1.29 is 28.6 Å². The van der Waals surface area contributed by atoms with Crippen LogP contribution in [0.25, 0.3) is 0 Å². The van der Waals surface area contributed by atoms with E-state index in [1.54, 1.807) is 0 Å². The Labute approximate surface area is 424 Å². The first-order chi connectivity index (χ1) is 34.0. The van der Waals surface area contributed by atoms with Crippen molar-refractivity contribution in [3.63, 3.8) is 0 Å². The molecule has 390 valence electrons. The molecule has 0 saturated carbocycles. The van der Waals surface area contributed by atoms with Gasteiger partial charge in [-0.3, -0.25) is 14.4 Å². The molecule has 0 fully saturated rings. The first-order valence-electron chi connectivity index (χ1n) is 28.0. The zero-order valence-electron chi connectivity index (χ0n) is 44.5. The highest BCUT2D eigenvalue weighted by Crippen LogP contribution is 2.13. The maximum absolute atomic E-state index is 12.9. The second-order valence-corrected chi connectivity index (χ2v) is 18.1. The summed E-state index contributed by atoms with van der Waals surface area (Å²) >= 11 is 0. The highest BCUT2D eigenvalue weighted by Gasteiger charge is 2.19. The van der Waals surface area contributed by atoms with Gasteiger partial charge in [0.05, 0.1) is 0 Å². The number of hydrogen-bond donors (Lipinski definition) is 0. The third kappa shape index (κ3) is 54.6. The molecule has 0 spiro atoms. The normalized spacial score (nSPS) is 13.0. The Bertz CT molecular complexity index is 1470. The molecule has 6 nitrogen and oxygen atoms in total. The average molecular weight is 956 g/mol. The van der Waals surface area contributed by atoms with Gasteiger partial charge in [-0.15, -0.1) is 0 Å². The van der Waals surface area contributed by atoms with E-state index >= 15 is 0 Å². The highest BCUT2D eigenvalue weighted by molar-refractivity contribution is 5.71. The molecule has 0 aliphatic rings. The van der Waals surface area contributed by atoms with Crippen molar-refractivity contribution >= 4 is 17.9 Å². The molecule has 1 unspecified atom stereocenters.